The number of amides is 1. The number of ether oxygens (including phenoxy) is 1. The van der Waals surface area contributed by atoms with Gasteiger partial charge >= 0.3 is 0 Å². The van der Waals surface area contributed by atoms with Crippen LogP contribution in [0.5, 0.6) is 5.75 Å². The first-order chi connectivity index (χ1) is 8.99. The number of benzene rings is 1. The Bertz CT molecular complexity index is 427. The molecule has 1 aromatic carbocycles. The van der Waals surface area contributed by atoms with Gasteiger partial charge in [-0.1, -0.05) is 19.4 Å². The molecular weight excluding hydrogens is 283 g/mol. The van der Waals surface area contributed by atoms with Crippen molar-refractivity contribution < 1.29 is 13.9 Å². The van der Waals surface area contributed by atoms with Crippen molar-refractivity contribution in [3.8, 4) is 5.75 Å². The van der Waals surface area contributed by atoms with E-state index in [1.54, 1.807) is 31.2 Å². The molecule has 0 bridgehead atoms. The lowest BCUT2D eigenvalue weighted by Gasteiger charge is -2.22. The summed E-state index contributed by atoms with van der Waals surface area (Å²) in [4.78, 5) is 12.0. The predicted octanol–water partition coefficient (Wildman–Crippen LogP) is 2.91. The summed E-state index contributed by atoms with van der Waals surface area (Å²) in [5.74, 6) is 0.279. The first-order valence-corrected chi connectivity index (χ1v) is 6.38. The van der Waals surface area contributed by atoms with Crippen molar-refractivity contribution >= 4 is 24.0 Å². The molecule has 1 atom stereocenters. The maximum atomic E-state index is 12.0. The predicted molar refractivity (Wildman–Crippen MR) is 81.3 cm³/mol. The molecule has 114 valence electrons. The number of hydrogen-bond donors (Lipinski definition) is 2. The molecule has 3 N–H and O–H groups in total. The Kier molecular flexibility index (Phi) is 8.18. The van der Waals surface area contributed by atoms with E-state index in [2.05, 4.69) is 5.32 Å². The average Bonchev–Trinajstić information content (AvgIpc) is 2.36. The first kappa shape index (κ1) is 18.7. The Morgan fingerprint density at radius 3 is 2.80 bits per heavy atom. The standard InChI is InChI=1S/C14H21FN2O2.ClH/c1-3-7-14(2,16)13(18)17-11-5-4-6-12(10-11)19-9-8-15;/h4-6,10H,3,7-9,16H2,1-2H3,(H,17,18);1H. The van der Waals surface area contributed by atoms with E-state index in [1.165, 1.54) is 0 Å². The normalized spacial score (nSPS) is 13.0. The minimum Gasteiger partial charge on any atom is -0.491 e. The van der Waals surface area contributed by atoms with Gasteiger partial charge in [-0.3, -0.25) is 4.79 Å². The van der Waals surface area contributed by atoms with Crippen molar-refractivity contribution in [3.05, 3.63) is 24.3 Å². The lowest BCUT2D eigenvalue weighted by Crippen LogP contribution is -2.48. The van der Waals surface area contributed by atoms with E-state index in [1.807, 2.05) is 6.92 Å². The average molecular weight is 305 g/mol. The monoisotopic (exact) mass is 304 g/mol. The fourth-order valence-corrected chi connectivity index (χ4v) is 1.73. The van der Waals surface area contributed by atoms with Crippen molar-refractivity contribution in [1.29, 1.82) is 0 Å². The molecule has 0 spiro atoms. The molecule has 0 heterocycles. The number of hydrogen-bond acceptors (Lipinski definition) is 3. The highest BCUT2D eigenvalue weighted by atomic mass is 35.5. The second-order valence-electron chi connectivity index (χ2n) is 4.69. The third kappa shape index (κ3) is 5.75. The Balaban J connectivity index is 0.00000361. The van der Waals surface area contributed by atoms with Gasteiger partial charge in [-0.25, -0.2) is 4.39 Å². The van der Waals surface area contributed by atoms with Crippen molar-refractivity contribution in [3.63, 3.8) is 0 Å². The summed E-state index contributed by atoms with van der Waals surface area (Å²) in [5.41, 5.74) is 5.64. The minimum atomic E-state index is -0.898. The van der Waals surface area contributed by atoms with Crippen LogP contribution in [0.3, 0.4) is 0 Å². The zero-order chi connectivity index (χ0) is 14.3. The van der Waals surface area contributed by atoms with Gasteiger partial charge in [0.15, 0.2) is 0 Å². The molecule has 0 saturated heterocycles. The molecule has 0 aromatic heterocycles. The molecule has 0 fully saturated rings. The van der Waals surface area contributed by atoms with Gasteiger partial charge in [-0.15, -0.1) is 12.4 Å². The summed E-state index contributed by atoms with van der Waals surface area (Å²) < 4.78 is 17.2. The first-order valence-electron chi connectivity index (χ1n) is 6.38. The highest BCUT2D eigenvalue weighted by Gasteiger charge is 2.27. The van der Waals surface area contributed by atoms with Crippen LogP contribution < -0.4 is 15.8 Å². The highest BCUT2D eigenvalue weighted by Crippen LogP contribution is 2.19. The van der Waals surface area contributed by atoms with Gasteiger partial charge in [-0.2, -0.15) is 0 Å². The van der Waals surface area contributed by atoms with E-state index in [-0.39, 0.29) is 24.9 Å². The number of rotatable bonds is 7. The third-order valence-electron chi connectivity index (χ3n) is 2.73. The Labute approximate surface area is 125 Å². The van der Waals surface area contributed by atoms with Crippen LogP contribution in [0.2, 0.25) is 0 Å². The molecule has 0 saturated carbocycles. The lowest BCUT2D eigenvalue weighted by atomic mass is 9.96. The van der Waals surface area contributed by atoms with E-state index >= 15 is 0 Å². The van der Waals surface area contributed by atoms with E-state index in [4.69, 9.17) is 10.5 Å². The summed E-state index contributed by atoms with van der Waals surface area (Å²) in [5, 5.41) is 2.75. The van der Waals surface area contributed by atoms with Crippen molar-refractivity contribution in [2.45, 2.75) is 32.2 Å². The van der Waals surface area contributed by atoms with E-state index in [9.17, 15) is 9.18 Å². The second-order valence-corrected chi connectivity index (χ2v) is 4.69. The highest BCUT2D eigenvalue weighted by molar-refractivity contribution is 5.97. The van der Waals surface area contributed by atoms with E-state index in [0.29, 0.717) is 17.9 Å². The largest absolute Gasteiger partial charge is 0.491 e. The molecular formula is C14H22ClFN2O2. The molecule has 20 heavy (non-hydrogen) atoms. The molecule has 1 amide bonds. The van der Waals surface area contributed by atoms with Gasteiger partial charge in [0.25, 0.3) is 0 Å². The SMILES string of the molecule is CCCC(C)(N)C(=O)Nc1cccc(OCCF)c1.Cl. The number of anilines is 1. The number of carbonyl (C=O) groups excluding carboxylic acids is 1. The van der Waals surface area contributed by atoms with Crippen LogP contribution in [0.1, 0.15) is 26.7 Å². The summed E-state index contributed by atoms with van der Waals surface area (Å²) in [6, 6.07) is 6.83. The number of halogens is 2. The fourth-order valence-electron chi connectivity index (χ4n) is 1.73. The van der Waals surface area contributed by atoms with Crippen molar-refractivity contribution in [1.82, 2.24) is 0 Å². The van der Waals surface area contributed by atoms with E-state index < -0.39 is 12.2 Å². The molecule has 6 heteroatoms. The molecule has 1 unspecified atom stereocenters. The Morgan fingerprint density at radius 2 is 2.20 bits per heavy atom. The fraction of sp³-hybridized carbons (Fsp3) is 0.500. The zero-order valence-electron chi connectivity index (χ0n) is 11.8. The van der Waals surface area contributed by atoms with Gasteiger partial charge in [0.1, 0.15) is 19.0 Å². The number of alkyl halides is 1. The maximum absolute atomic E-state index is 12.0. The second kappa shape index (κ2) is 8.76. The third-order valence-corrected chi connectivity index (χ3v) is 2.73. The van der Waals surface area contributed by atoms with Gasteiger partial charge in [0.2, 0.25) is 5.91 Å². The summed E-state index contributed by atoms with van der Waals surface area (Å²) in [6.45, 7) is 3.13. The van der Waals surface area contributed by atoms with Crippen LogP contribution in [0.4, 0.5) is 10.1 Å². The smallest absolute Gasteiger partial charge is 0.244 e. The molecule has 0 aliphatic carbocycles. The molecule has 0 aliphatic rings. The molecule has 0 aliphatic heterocycles. The molecule has 0 radical (unpaired) electrons. The van der Waals surface area contributed by atoms with Crippen LogP contribution in [0.15, 0.2) is 24.3 Å². The number of nitrogens with one attached hydrogen (secondary N) is 1. The quantitative estimate of drug-likeness (QED) is 0.814. The van der Waals surface area contributed by atoms with Gasteiger partial charge in [0.05, 0.1) is 5.54 Å². The summed E-state index contributed by atoms with van der Waals surface area (Å²) >= 11 is 0. The van der Waals surface area contributed by atoms with E-state index in [0.717, 1.165) is 6.42 Å². The van der Waals surface area contributed by atoms with Crippen molar-refractivity contribution in [2.24, 2.45) is 5.73 Å². The molecule has 1 rings (SSSR count). The summed E-state index contributed by atoms with van der Waals surface area (Å²) in [7, 11) is 0. The number of nitrogens with two attached hydrogens (primary N) is 1. The Hall–Kier alpha value is -1.33. The summed E-state index contributed by atoms with van der Waals surface area (Å²) in [6.07, 6.45) is 1.44. The van der Waals surface area contributed by atoms with Crippen LogP contribution >= 0.6 is 12.4 Å². The van der Waals surface area contributed by atoms with Crippen LogP contribution in [-0.4, -0.2) is 24.7 Å². The Morgan fingerprint density at radius 1 is 1.50 bits per heavy atom. The zero-order valence-corrected chi connectivity index (χ0v) is 12.6. The van der Waals surface area contributed by atoms with Gasteiger partial charge < -0.3 is 15.8 Å². The topological polar surface area (TPSA) is 64.4 Å². The number of carbonyl (C=O) groups is 1. The lowest BCUT2D eigenvalue weighted by molar-refractivity contribution is -0.120. The molecule has 1 aromatic rings. The van der Waals surface area contributed by atoms with Gasteiger partial charge in [-0.05, 0) is 25.5 Å². The van der Waals surface area contributed by atoms with Crippen molar-refractivity contribution in [2.75, 3.05) is 18.6 Å². The van der Waals surface area contributed by atoms with Crippen LogP contribution in [-0.2, 0) is 4.79 Å². The minimum absolute atomic E-state index is 0. The molecule has 4 nitrogen and oxygen atoms in total. The maximum Gasteiger partial charge on any atom is 0.244 e. The van der Waals surface area contributed by atoms with Crippen LogP contribution in [0.25, 0.3) is 0 Å². The van der Waals surface area contributed by atoms with Gasteiger partial charge in [0, 0.05) is 11.8 Å². The van der Waals surface area contributed by atoms with Crippen LogP contribution in [0, 0.1) is 0 Å².